The highest BCUT2D eigenvalue weighted by molar-refractivity contribution is 6.01. The number of rotatable bonds is 6. The van der Waals surface area contributed by atoms with Crippen LogP contribution in [-0.2, 0) is 19.1 Å². The summed E-state index contributed by atoms with van der Waals surface area (Å²) in [5, 5.41) is 0. The summed E-state index contributed by atoms with van der Waals surface area (Å²) >= 11 is 0. The third kappa shape index (κ3) is 3.91. The van der Waals surface area contributed by atoms with Crippen LogP contribution in [0.2, 0.25) is 0 Å². The minimum absolute atomic E-state index is 0.0830. The fraction of sp³-hybridized carbons (Fsp3) is 0.400. The van der Waals surface area contributed by atoms with E-state index in [9.17, 15) is 14.4 Å². The van der Waals surface area contributed by atoms with Crippen molar-refractivity contribution in [3.8, 4) is 0 Å². The molecule has 0 aliphatic heterocycles. The van der Waals surface area contributed by atoms with E-state index in [1.54, 1.807) is 38.1 Å². The van der Waals surface area contributed by atoms with Gasteiger partial charge in [-0.05, 0) is 26.3 Å². The molecule has 0 saturated carbocycles. The summed E-state index contributed by atoms with van der Waals surface area (Å²) < 4.78 is 9.79. The first kappa shape index (κ1) is 15.9. The van der Waals surface area contributed by atoms with E-state index in [-0.39, 0.29) is 19.0 Å². The largest absolute Gasteiger partial charge is 0.465 e. The van der Waals surface area contributed by atoms with Crippen molar-refractivity contribution in [1.82, 2.24) is 0 Å². The lowest BCUT2D eigenvalue weighted by atomic mass is 9.97. The lowest BCUT2D eigenvalue weighted by Gasteiger charge is -2.14. The van der Waals surface area contributed by atoms with Gasteiger partial charge in [-0.2, -0.15) is 0 Å². The van der Waals surface area contributed by atoms with Crippen LogP contribution in [0.4, 0.5) is 0 Å². The van der Waals surface area contributed by atoms with Gasteiger partial charge in [0.05, 0.1) is 13.2 Å². The van der Waals surface area contributed by atoms with Gasteiger partial charge >= 0.3 is 11.9 Å². The molecule has 5 heteroatoms. The third-order valence-electron chi connectivity index (χ3n) is 2.70. The molecule has 0 saturated heterocycles. The van der Waals surface area contributed by atoms with Gasteiger partial charge in [0.25, 0.3) is 0 Å². The van der Waals surface area contributed by atoms with E-state index >= 15 is 0 Å². The van der Waals surface area contributed by atoms with Crippen molar-refractivity contribution in [2.75, 3.05) is 13.2 Å². The van der Waals surface area contributed by atoms with Crippen LogP contribution < -0.4 is 0 Å². The van der Waals surface area contributed by atoms with Crippen LogP contribution in [0.1, 0.15) is 42.6 Å². The molecule has 108 valence electrons. The van der Waals surface area contributed by atoms with Crippen molar-refractivity contribution in [3.63, 3.8) is 0 Å². The number of carbonyl (C=O) groups is 3. The van der Waals surface area contributed by atoms with E-state index < -0.39 is 17.9 Å². The van der Waals surface area contributed by atoms with Crippen LogP contribution in [0.25, 0.3) is 0 Å². The monoisotopic (exact) mass is 278 g/mol. The lowest BCUT2D eigenvalue weighted by Crippen LogP contribution is -2.26. The molecule has 0 N–H and O–H groups in total. The number of hydrogen-bond donors (Lipinski definition) is 0. The summed E-state index contributed by atoms with van der Waals surface area (Å²) in [6.07, 6.45) is 0. The molecule has 0 unspecified atom stereocenters. The minimum atomic E-state index is -1.11. The molecule has 0 spiro atoms. The number of esters is 2. The molecular weight excluding hydrogens is 260 g/mol. The summed E-state index contributed by atoms with van der Waals surface area (Å²) in [4.78, 5) is 35.0. The molecular formula is C15H18O5. The van der Waals surface area contributed by atoms with E-state index in [0.717, 1.165) is 0 Å². The van der Waals surface area contributed by atoms with E-state index in [0.29, 0.717) is 11.1 Å². The van der Waals surface area contributed by atoms with Crippen LogP contribution in [0.3, 0.4) is 0 Å². The van der Waals surface area contributed by atoms with Crippen LogP contribution in [0.5, 0.6) is 0 Å². The van der Waals surface area contributed by atoms with Crippen molar-refractivity contribution in [2.24, 2.45) is 0 Å². The first-order valence-electron chi connectivity index (χ1n) is 6.45. The second-order valence-electron chi connectivity index (χ2n) is 4.12. The van der Waals surface area contributed by atoms with Crippen molar-refractivity contribution < 1.29 is 23.9 Å². The topological polar surface area (TPSA) is 69.7 Å². The zero-order valence-electron chi connectivity index (χ0n) is 11.8. The number of benzene rings is 1. The Kier molecular flexibility index (Phi) is 5.90. The maximum absolute atomic E-state index is 11.9. The van der Waals surface area contributed by atoms with Gasteiger partial charge in [-0.1, -0.05) is 24.3 Å². The fourth-order valence-corrected chi connectivity index (χ4v) is 1.73. The summed E-state index contributed by atoms with van der Waals surface area (Å²) in [5.41, 5.74) is 0.965. The predicted octanol–water partition coefficient (Wildman–Crippen LogP) is 2.10. The molecule has 20 heavy (non-hydrogen) atoms. The van der Waals surface area contributed by atoms with Crippen LogP contribution in [-0.4, -0.2) is 30.9 Å². The molecule has 0 aromatic heterocycles. The Morgan fingerprint density at radius 2 is 1.40 bits per heavy atom. The Morgan fingerprint density at radius 3 is 1.75 bits per heavy atom. The van der Waals surface area contributed by atoms with Crippen molar-refractivity contribution in [2.45, 2.75) is 26.7 Å². The number of ketones is 1. The van der Waals surface area contributed by atoms with Gasteiger partial charge in [0.2, 0.25) is 0 Å². The first-order valence-corrected chi connectivity index (χ1v) is 6.45. The van der Waals surface area contributed by atoms with Crippen LogP contribution >= 0.6 is 0 Å². The molecule has 0 aliphatic rings. The fourth-order valence-electron chi connectivity index (χ4n) is 1.73. The van der Waals surface area contributed by atoms with E-state index in [4.69, 9.17) is 9.47 Å². The lowest BCUT2D eigenvalue weighted by molar-refractivity contribution is -0.156. The number of hydrogen-bond acceptors (Lipinski definition) is 5. The van der Waals surface area contributed by atoms with Gasteiger partial charge in [0.1, 0.15) is 0 Å². The normalized spacial score (nSPS) is 10.2. The maximum atomic E-state index is 11.9. The van der Waals surface area contributed by atoms with E-state index in [1.165, 1.54) is 6.92 Å². The second-order valence-corrected chi connectivity index (χ2v) is 4.12. The molecule has 0 atom stereocenters. The summed E-state index contributed by atoms with van der Waals surface area (Å²) in [5.74, 6) is -2.50. The van der Waals surface area contributed by atoms with Gasteiger partial charge < -0.3 is 9.47 Å². The quantitative estimate of drug-likeness (QED) is 0.453. The van der Waals surface area contributed by atoms with Gasteiger partial charge in [-0.3, -0.25) is 14.4 Å². The van der Waals surface area contributed by atoms with Crippen LogP contribution in [0.15, 0.2) is 24.3 Å². The van der Waals surface area contributed by atoms with Crippen molar-refractivity contribution in [1.29, 1.82) is 0 Å². The Hall–Kier alpha value is -2.17. The van der Waals surface area contributed by atoms with Crippen molar-refractivity contribution in [3.05, 3.63) is 35.4 Å². The second kappa shape index (κ2) is 7.43. The van der Waals surface area contributed by atoms with Gasteiger partial charge in [0.15, 0.2) is 11.7 Å². The van der Waals surface area contributed by atoms with Gasteiger partial charge in [-0.25, -0.2) is 0 Å². The number of Topliss-reactive ketones (excluding diaryl/α,β-unsaturated/α-hetero) is 1. The van der Waals surface area contributed by atoms with E-state index in [1.807, 2.05) is 0 Å². The molecule has 0 radical (unpaired) electrons. The Balaban J connectivity index is 3.06. The van der Waals surface area contributed by atoms with Crippen LogP contribution in [0, 0.1) is 0 Å². The Bertz CT molecular complexity index is 471. The highest BCUT2D eigenvalue weighted by atomic mass is 16.6. The SMILES string of the molecule is CCOC(=O)C(C(=O)OCC)c1ccc(C(C)=O)cc1. The summed E-state index contributed by atoms with van der Waals surface area (Å²) in [6, 6.07) is 6.27. The molecule has 0 amide bonds. The average molecular weight is 278 g/mol. The summed E-state index contributed by atoms with van der Waals surface area (Å²) in [6.45, 7) is 5.14. The highest BCUT2D eigenvalue weighted by Crippen LogP contribution is 2.20. The zero-order chi connectivity index (χ0) is 15.1. The third-order valence-corrected chi connectivity index (χ3v) is 2.70. The number of carbonyl (C=O) groups excluding carboxylic acids is 3. The number of ether oxygens (including phenoxy) is 2. The molecule has 1 rings (SSSR count). The Labute approximate surface area is 117 Å². The highest BCUT2D eigenvalue weighted by Gasteiger charge is 2.31. The molecule has 0 heterocycles. The zero-order valence-corrected chi connectivity index (χ0v) is 11.8. The predicted molar refractivity (Wildman–Crippen MR) is 72.5 cm³/mol. The van der Waals surface area contributed by atoms with Gasteiger partial charge in [0, 0.05) is 5.56 Å². The smallest absolute Gasteiger partial charge is 0.324 e. The minimum Gasteiger partial charge on any atom is -0.465 e. The molecule has 1 aromatic carbocycles. The molecule has 5 nitrogen and oxygen atoms in total. The van der Waals surface area contributed by atoms with Gasteiger partial charge in [-0.15, -0.1) is 0 Å². The van der Waals surface area contributed by atoms with E-state index in [2.05, 4.69) is 0 Å². The average Bonchev–Trinajstić information content (AvgIpc) is 2.40. The van der Waals surface area contributed by atoms with Crippen molar-refractivity contribution >= 4 is 17.7 Å². The Morgan fingerprint density at radius 1 is 0.950 bits per heavy atom. The molecule has 1 aromatic rings. The summed E-state index contributed by atoms with van der Waals surface area (Å²) in [7, 11) is 0. The molecule has 0 fully saturated rings. The molecule has 0 aliphatic carbocycles. The molecule has 0 bridgehead atoms. The maximum Gasteiger partial charge on any atom is 0.324 e. The standard InChI is InChI=1S/C15H18O5/c1-4-19-14(17)13(15(18)20-5-2)12-8-6-11(7-9-12)10(3)16/h6-9,13H,4-5H2,1-3H3. The first-order chi connectivity index (χ1) is 9.51.